The lowest BCUT2D eigenvalue weighted by Gasteiger charge is -2.07. The third kappa shape index (κ3) is 3.36. The van der Waals surface area contributed by atoms with Crippen molar-refractivity contribution in [2.75, 3.05) is 0 Å². The largest absolute Gasteiger partial charge is 0.316 e. The third-order valence-corrected chi connectivity index (χ3v) is 5.22. The minimum Gasteiger partial charge on any atom is -0.316 e. The summed E-state index contributed by atoms with van der Waals surface area (Å²) in [6.45, 7) is 0. The van der Waals surface area contributed by atoms with Crippen LogP contribution in [0.1, 0.15) is 32.3 Å². The SMILES string of the molecule is O=C(c1ccccc1)[C@@H]1[C@@H](c2ccccc2)N1C(=O)c1ccc(Cl)cc1Cl. The molecule has 0 unspecified atom stereocenters. The molecular formula is C22H15Cl2NO2. The van der Waals surface area contributed by atoms with Gasteiger partial charge in [-0.05, 0) is 23.8 Å². The van der Waals surface area contributed by atoms with Gasteiger partial charge in [0.1, 0.15) is 6.04 Å². The van der Waals surface area contributed by atoms with Crippen molar-refractivity contribution in [3.05, 3.63) is 106 Å². The van der Waals surface area contributed by atoms with Gasteiger partial charge >= 0.3 is 0 Å². The van der Waals surface area contributed by atoms with Gasteiger partial charge in [0, 0.05) is 10.6 Å². The number of amides is 1. The van der Waals surface area contributed by atoms with Gasteiger partial charge in [0.15, 0.2) is 5.78 Å². The second-order valence-electron chi connectivity index (χ2n) is 6.37. The van der Waals surface area contributed by atoms with Gasteiger partial charge in [-0.3, -0.25) is 9.59 Å². The van der Waals surface area contributed by atoms with Crippen LogP contribution in [0.4, 0.5) is 0 Å². The Bertz CT molecular complexity index is 1010. The average molecular weight is 396 g/mol. The molecule has 0 saturated carbocycles. The van der Waals surface area contributed by atoms with E-state index in [-0.39, 0.29) is 22.8 Å². The fraction of sp³-hybridized carbons (Fsp3) is 0.0909. The molecule has 0 aromatic heterocycles. The Morgan fingerprint density at radius 1 is 0.815 bits per heavy atom. The number of rotatable bonds is 4. The van der Waals surface area contributed by atoms with Gasteiger partial charge in [-0.1, -0.05) is 83.9 Å². The summed E-state index contributed by atoms with van der Waals surface area (Å²) in [5, 5.41) is 0.732. The van der Waals surface area contributed by atoms with Crippen LogP contribution in [0.3, 0.4) is 0 Å². The van der Waals surface area contributed by atoms with Crippen molar-refractivity contribution in [3.63, 3.8) is 0 Å². The molecule has 0 spiro atoms. The molecule has 3 aromatic carbocycles. The lowest BCUT2D eigenvalue weighted by molar-refractivity contribution is 0.0833. The monoisotopic (exact) mass is 395 g/mol. The molecule has 1 amide bonds. The van der Waals surface area contributed by atoms with Crippen molar-refractivity contribution in [2.45, 2.75) is 12.1 Å². The van der Waals surface area contributed by atoms with E-state index in [0.717, 1.165) is 5.56 Å². The molecular weight excluding hydrogens is 381 g/mol. The second-order valence-corrected chi connectivity index (χ2v) is 7.21. The molecule has 1 heterocycles. The predicted octanol–water partition coefficient (Wildman–Crippen LogP) is 5.44. The van der Waals surface area contributed by atoms with E-state index in [2.05, 4.69) is 0 Å². The van der Waals surface area contributed by atoms with Gasteiger partial charge < -0.3 is 4.90 Å². The summed E-state index contributed by atoms with van der Waals surface area (Å²) in [5.41, 5.74) is 1.84. The number of hydrogen-bond donors (Lipinski definition) is 0. The Morgan fingerprint density at radius 2 is 1.44 bits per heavy atom. The van der Waals surface area contributed by atoms with E-state index in [1.165, 1.54) is 6.07 Å². The first-order valence-electron chi connectivity index (χ1n) is 8.50. The van der Waals surface area contributed by atoms with E-state index in [4.69, 9.17) is 23.2 Å². The summed E-state index contributed by atoms with van der Waals surface area (Å²) >= 11 is 12.2. The summed E-state index contributed by atoms with van der Waals surface area (Å²) in [6.07, 6.45) is 0. The van der Waals surface area contributed by atoms with Crippen LogP contribution < -0.4 is 0 Å². The Balaban J connectivity index is 1.70. The molecule has 5 heteroatoms. The van der Waals surface area contributed by atoms with Gasteiger partial charge in [-0.2, -0.15) is 0 Å². The highest BCUT2D eigenvalue weighted by atomic mass is 35.5. The van der Waals surface area contributed by atoms with E-state index < -0.39 is 6.04 Å². The maximum atomic E-state index is 13.1. The molecule has 3 nitrogen and oxygen atoms in total. The molecule has 3 aromatic rings. The Kier molecular flexibility index (Phi) is 4.73. The zero-order chi connectivity index (χ0) is 19.0. The first kappa shape index (κ1) is 17.8. The van der Waals surface area contributed by atoms with Crippen molar-refractivity contribution in [2.24, 2.45) is 0 Å². The van der Waals surface area contributed by atoms with E-state index in [1.807, 2.05) is 48.5 Å². The first-order valence-corrected chi connectivity index (χ1v) is 9.25. The quantitative estimate of drug-likeness (QED) is 0.435. The van der Waals surface area contributed by atoms with E-state index in [0.29, 0.717) is 16.1 Å². The summed E-state index contributed by atoms with van der Waals surface area (Å²) < 4.78 is 0. The molecule has 0 bridgehead atoms. The average Bonchev–Trinajstić information content (AvgIpc) is 3.44. The van der Waals surface area contributed by atoms with Gasteiger partial charge in [0.2, 0.25) is 0 Å². The minimum atomic E-state index is -0.547. The maximum Gasteiger partial charge on any atom is 0.256 e. The van der Waals surface area contributed by atoms with Crippen LogP contribution in [-0.4, -0.2) is 22.6 Å². The number of benzene rings is 3. The summed E-state index contributed by atoms with van der Waals surface area (Å²) in [5.74, 6) is -0.359. The van der Waals surface area contributed by atoms with Crippen LogP contribution in [0.2, 0.25) is 10.0 Å². The zero-order valence-corrected chi connectivity index (χ0v) is 15.7. The van der Waals surface area contributed by atoms with Crippen LogP contribution in [-0.2, 0) is 0 Å². The molecule has 4 rings (SSSR count). The Morgan fingerprint density at radius 3 is 2.07 bits per heavy atom. The molecule has 0 aliphatic carbocycles. The number of halogens is 2. The van der Waals surface area contributed by atoms with E-state index >= 15 is 0 Å². The lowest BCUT2D eigenvalue weighted by Crippen LogP contribution is -2.19. The molecule has 1 fully saturated rings. The van der Waals surface area contributed by atoms with Crippen molar-refractivity contribution < 1.29 is 9.59 Å². The molecule has 1 aliphatic rings. The lowest BCUT2D eigenvalue weighted by atomic mass is 10.0. The number of carbonyl (C=O) groups excluding carboxylic acids is 2. The number of Topliss-reactive ketones (excluding diaryl/α,β-unsaturated/α-hetero) is 1. The normalized spacial score (nSPS) is 18.2. The van der Waals surface area contributed by atoms with Crippen LogP contribution in [0, 0.1) is 0 Å². The third-order valence-electron chi connectivity index (χ3n) is 4.67. The van der Waals surface area contributed by atoms with Gasteiger partial charge in [0.25, 0.3) is 5.91 Å². The second kappa shape index (κ2) is 7.18. The first-order chi connectivity index (χ1) is 13.1. The number of ketones is 1. The van der Waals surface area contributed by atoms with Crippen LogP contribution >= 0.6 is 23.2 Å². The molecule has 1 aliphatic heterocycles. The Labute approximate surface area is 167 Å². The molecule has 1 saturated heterocycles. The number of hydrogen-bond acceptors (Lipinski definition) is 2. The number of carbonyl (C=O) groups is 2. The van der Waals surface area contributed by atoms with Gasteiger partial charge in [0.05, 0.1) is 16.6 Å². The van der Waals surface area contributed by atoms with Crippen molar-refractivity contribution in [3.8, 4) is 0 Å². The van der Waals surface area contributed by atoms with Gasteiger partial charge in [-0.15, -0.1) is 0 Å². The highest BCUT2D eigenvalue weighted by molar-refractivity contribution is 6.36. The zero-order valence-electron chi connectivity index (χ0n) is 14.2. The van der Waals surface area contributed by atoms with E-state index in [9.17, 15) is 9.59 Å². The van der Waals surface area contributed by atoms with Crippen LogP contribution in [0.25, 0.3) is 0 Å². The van der Waals surface area contributed by atoms with Crippen molar-refractivity contribution >= 4 is 34.9 Å². The van der Waals surface area contributed by atoms with Crippen molar-refractivity contribution in [1.82, 2.24) is 4.90 Å². The smallest absolute Gasteiger partial charge is 0.256 e. The van der Waals surface area contributed by atoms with Crippen molar-refractivity contribution in [1.29, 1.82) is 0 Å². The molecule has 2 atom stereocenters. The summed E-state index contributed by atoms with van der Waals surface area (Å²) in [4.78, 5) is 27.7. The summed E-state index contributed by atoms with van der Waals surface area (Å²) in [6, 6.07) is 22.5. The highest BCUT2D eigenvalue weighted by Crippen LogP contribution is 2.46. The van der Waals surface area contributed by atoms with Crippen LogP contribution in [0.15, 0.2) is 78.9 Å². The standard InChI is InChI=1S/C22H15Cl2NO2/c23-16-11-12-17(18(24)13-16)22(27)25-19(14-7-3-1-4-8-14)20(25)21(26)15-9-5-2-6-10-15/h1-13,19-20H/t19-,20+,25?/m1/s1. The maximum absolute atomic E-state index is 13.1. The minimum absolute atomic E-state index is 0.0807. The fourth-order valence-electron chi connectivity index (χ4n) is 3.32. The topological polar surface area (TPSA) is 37.1 Å². The molecule has 0 radical (unpaired) electrons. The van der Waals surface area contributed by atoms with Gasteiger partial charge in [-0.25, -0.2) is 0 Å². The molecule has 134 valence electrons. The predicted molar refractivity (Wildman–Crippen MR) is 106 cm³/mol. The summed E-state index contributed by atoms with van der Waals surface area (Å²) in [7, 11) is 0. The fourth-order valence-corrected chi connectivity index (χ4v) is 3.81. The molecule has 27 heavy (non-hydrogen) atoms. The van der Waals surface area contributed by atoms with E-state index in [1.54, 1.807) is 29.2 Å². The highest BCUT2D eigenvalue weighted by Gasteiger charge is 2.56. The Hall–Kier alpha value is -2.62. The van der Waals surface area contributed by atoms with Crippen LogP contribution in [0.5, 0.6) is 0 Å². The molecule has 0 N–H and O–H groups in total. The number of nitrogens with zero attached hydrogens (tertiary/aromatic N) is 1.